The Morgan fingerprint density at radius 1 is 1.33 bits per heavy atom. The number of piperidine rings is 1. The van der Waals surface area contributed by atoms with E-state index < -0.39 is 24.0 Å². The van der Waals surface area contributed by atoms with Gasteiger partial charge in [-0.3, -0.25) is 4.79 Å². The van der Waals surface area contributed by atoms with Crippen molar-refractivity contribution in [2.45, 2.75) is 32.2 Å². The summed E-state index contributed by atoms with van der Waals surface area (Å²) in [6.07, 6.45) is -3.91. The highest BCUT2D eigenvalue weighted by Crippen LogP contribution is 2.22. The summed E-state index contributed by atoms with van der Waals surface area (Å²) in [5.74, 6) is -1.63. The Labute approximate surface area is 134 Å². The number of nitrogens with one attached hydrogen (secondary N) is 1. The summed E-state index contributed by atoms with van der Waals surface area (Å²) in [5, 5.41) is 11.8. The number of halogens is 3. The summed E-state index contributed by atoms with van der Waals surface area (Å²) in [6, 6.07) is -0.218. The third kappa shape index (κ3) is 4.96. The number of carbonyl (C=O) groups excluding carboxylic acids is 1. The number of rotatable bonds is 4. The molecular formula is C13H15F3N4O4. The molecule has 0 spiro atoms. The molecule has 24 heavy (non-hydrogen) atoms. The lowest BCUT2D eigenvalue weighted by molar-refractivity contribution is -0.277. The molecule has 0 unspecified atom stereocenters. The number of alkyl halides is 3. The molecule has 2 heterocycles. The van der Waals surface area contributed by atoms with Crippen molar-refractivity contribution in [2.24, 2.45) is 0 Å². The van der Waals surface area contributed by atoms with Gasteiger partial charge in [0.15, 0.2) is 5.69 Å². The van der Waals surface area contributed by atoms with E-state index in [0.717, 1.165) is 6.07 Å². The molecule has 0 aromatic carbocycles. The van der Waals surface area contributed by atoms with Gasteiger partial charge >= 0.3 is 18.3 Å². The van der Waals surface area contributed by atoms with Crippen LogP contribution < -0.4 is 10.1 Å². The lowest BCUT2D eigenvalue weighted by Gasteiger charge is -2.32. The van der Waals surface area contributed by atoms with Gasteiger partial charge < -0.3 is 20.1 Å². The summed E-state index contributed by atoms with van der Waals surface area (Å²) in [5.41, 5.74) is -0.618. The molecule has 1 aromatic rings. The minimum absolute atomic E-state index is 0.0514. The Morgan fingerprint density at radius 3 is 2.46 bits per heavy atom. The zero-order valence-electron chi connectivity index (χ0n) is 12.6. The van der Waals surface area contributed by atoms with Crippen molar-refractivity contribution in [3.8, 4) is 6.01 Å². The fourth-order valence-electron chi connectivity index (χ4n) is 2.31. The number of hydrogen-bond donors (Lipinski definition) is 2. The smallest absolute Gasteiger partial charge is 0.477 e. The van der Waals surface area contributed by atoms with Crippen LogP contribution in [0.25, 0.3) is 0 Å². The minimum atomic E-state index is -5.03. The number of carboxylic acids is 1. The third-order valence-electron chi connectivity index (χ3n) is 3.42. The average molecular weight is 348 g/mol. The zero-order chi connectivity index (χ0) is 17.9. The fraction of sp³-hybridized carbons (Fsp3) is 0.538. The van der Waals surface area contributed by atoms with E-state index in [1.165, 1.54) is 6.92 Å². The highest BCUT2D eigenvalue weighted by molar-refractivity contribution is 5.86. The molecule has 0 radical (unpaired) electrons. The van der Waals surface area contributed by atoms with E-state index in [-0.39, 0.29) is 17.8 Å². The van der Waals surface area contributed by atoms with Crippen LogP contribution in [0, 0.1) is 0 Å². The Morgan fingerprint density at radius 2 is 1.96 bits per heavy atom. The maximum Gasteiger partial charge on any atom is 0.575 e. The standard InChI is InChI=1S/C13H15F3N4O4/c1-7(21)20-4-2-8(3-5-20)17-10-6-9(11(22)23)18-12(19-10)24-13(14,15)16/h6,8H,2-5H2,1H3,(H,22,23)(H,17,18,19). The molecule has 1 amide bonds. The number of carbonyl (C=O) groups is 2. The first-order valence-corrected chi connectivity index (χ1v) is 7.04. The van der Waals surface area contributed by atoms with Gasteiger partial charge in [0, 0.05) is 32.1 Å². The van der Waals surface area contributed by atoms with E-state index >= 15 is 0 Å². The minimum Gasteiger partial charge on any atom is -0.477 e. The van der Waals surface area contributed by atoms with E-state index in [2.05, 4.69) is 20.0 Å². The number of amides is 1. The van der Waals surface area contributed by atoms with Gasteiger partial charge in [-0.05, 0) is 12.8 Å². The van der Waals surface area contributed by atoms with Crippen molar-refractivity contribution in [1.29, 1.82) is 0 Å². The molecule has 0 bridgehead atoms. The van der Waals surface area contributed by atoms with E-state index in [0.29, 0.717) is 25.9 Å². The van der Waals surface area contributed by atoms with Crippen LogP contribution in [0.3, 0.4) is 0 Å². The van der Waals surface area contributed by atoms with Gasteiger partial charge in [-0.2, -0.15) is 9.97 Å². The number of carboxylic acid groups (broad SMARTS) is 1. The highest BCUT2D eigenvalue weighted by Gasteiger charge is 2.33. The molecule has 1 aromatic heterocycles. The second-order valence-electron chi connectivity index (χ2n) is 5.20. The Kier molecular flexibility index (Phi) is 5.10. The van der Waals surface area contributed by atoms with Crippen LogP contribution in [-0.2, 0) is 4.79 Å². The fourth-order valence-corrected chi connectivity index (χ4v) is 2.31. The van der Waals surface area contributed by atoms with E-state index in [1.54, 1.807) is 4.90 Å². The predicted molar refractivity (Wildman–Crippen MR) is 74.6 cm³/mol. The van der Waals surface area contributed by atoms with Crippen LogP contribution in [-0.4, -0.2) is 57.3 Å². The molecule has 0 saturated carbocycles. The SMILES string of the molecule is CC(=O)N1CCC(Nc2cc(C(=O)O)nc(OC(F)(F)F)n2)CC1. The van der Waals surface area contributed by atoms with Gasteiger partial charge in [-0.15, -0.1) is 13.2 Å². The summed E-state index contributed by atoms with van der Waals surface area (Å²) >= 11 is 0. The van der Waals surface area contributed by atoms with Crippen molar-refractivity contribution in [2.75, 3.05) is 18.4 Å². The number of nitrogens with zero attached hydrogens (tertiary/aromatic N) is 3. The van der Waals surface area contributed by atoms with Crippen molar-refractivity contribution in [3.63, 3.8) is 0 Å². The largest absolute Gasteiger partial charge is 0.575 e. The second kappa shape index (κ2) is 6.89. The van der Waals surface area contributed by atoms with E-state index in [1.807, 2.05) is 0 Å². The Balaban J connectivity index is 2.11. The first kappa shape index (κ1) is 17.8. The molecule has 11 heteroatoms. The third-order valence-corrected chi connectivity index (χ3v) is 3.42. The first-order chi connectivity index (χ1) is 11.1. The average Bonchev–Trinajstić information content (AvgIpc) is 2.45. The van der Waals surface area contributed by atoms with Crippen LogP contribution >= 0.6 is 0 Å². The zero-order valence-corrected chi connectivity index (χ0v) is 12.6. The van der Waals surface area contributed by atoms with Gasteiger partial charge in [0.25, 0.3) is 0 Å². The molecule has 1 saturated heterocycles. The van der Waals surface area contributed by atoms with Gasteiger partial charge in [-0.25, -0.2) is 4.79 Å². The summed E-state index contributed by atoms with van der Waals surface area (Å²) in [4.78, 5) is 30.6. The van der Waals surface area contributed by atoms with Crippen LogP contribution in [0.4, 0.5) is 19.0 Å². The van der Waals surface area contributed by atoms with Crippen LogP contribution in [0.5, 0.6) is 6.01 Å². The van der Waals surface area contributed by atoms with Crippen molar-refractivity contribution < 1.29 is 32.6 Å². The number of anilines is 1. The van der Waals surface area contributed by atoms with Gasteiger partial charge in [0.1, 0.15) is 5.82 Å². The monoisotopic (exact) mass is 348 g/mol. The van der Waals surface area contributed by atoms with Crippen molar-refractivity contribution >= 4 is 17.7 Å². The molecule has 132 valence electrons. The molecule has 0 atom stereocenters. The molecule has 8 nitrogen and oxygen atoms in total. The predicted octanol–water partition coefficient (Wildman–Crippen LogP) is 1.50. The first-order valence-electron chi connectivity index (χ1n) is 7.04. The number of ether oxygens (including phenoxy) is 1. The van der Waals surface area contributed by atoms with E-state index in [9.17, 15) is 22.8 Å². The van der Waals surface area contributed by atoms with Crippen molar-refractivity contribution in [3.05, 3.63) is 11.8 Å². The number of aromatic carboxylic acids is 1. The quantitative estimate of drug-likeness (QED) is 0.849. The molecule has 0 aliphatic carbocycles. The topological polar surface area (TPSA) is 105 Å². The Hall–Kier alpha value is -2.59. The summed E-state index contributed by atoms with van der Waals surface area (Å²) in [7, 11) is 0. The van der Waals surface area contributed by atoms with Crippen LogP contribution in [0.1, 0.15) is 30.3 Å². The van der Waals surface area contributed by atoms with Gasteiger partial charge in [0.05, 0.1) is 0 Å². The molecule has 1 fully saturated rings. The normalized spacial score (nSPS) is 15.9. The lowest BCUT2D eigenvalue weighted by Crippen LogP contribution is -2.41. The summed E-state index contributed by atoms with van der Waals surface area (Å²) < 4.78 is 40.4. The maximum absolute atomic E-state index is 12.3. The molecular weight excluding hydrogens is 333 g/mol. The van der Waals surface area contributed by atoms with Gasteiger partial charge in [-0.1, -0.05) is 0 Å². The molecule has 2 rings (SSSR count). The van der Waals surface area contributed by atoms with Crippen molar-refractivity contribution in [1.82, 2.24) is 14.9 Å². The number of likely N-dealkylation sites (tertiary alicyclic amines) is 1. The second-order valence-corrected chi connectivity index (χ2v) is 5.20. The van der Waals surface area contributed by atoms with Crippen LogP contribution in [0.15, 0.2) is 6.07 Å². The highest BCUT2D eigenvalue weighted by atomic mass is 19.4. The van der Waals surface area contributed by atoms with E-state index in [4.69, 9.17) is 5.11 Å². The lowest BCUT2D eigenvalue weighted by atomic mass is 10.1. The van der Waals surface area contributed by atoms with Gasteiger partial charge in [0.2, 0.25) is 5.91 Å². The number of aromatic nitrogens is 2. The number of hydrogen-bond acceptors (Lipinski definition) is 6. The maximum atomic E-state index is 12.3. The van der Waals surface area contributed by atoms with Crippen LogP contribution in [0.2, 0.25) is 0 Å². The summed E-state index contributed by atoms with van der Waals surface area (Å²) in [6.45, 7) is 2.45. The molecule has 1 aliphatic heterocycles. The molecule has 2 N–H and O–H groups in total. The molecule has 1 aliphatic rings. The Bertz CT molecular complexity index is 630.